The van der Waals surface area contributed by atoms with Crippen LogP contribution in [0.2, 0.25) is 0 Å². The standard InChI is InChI=1S/C26H35N5O/c1-20-6-12-24(13-7-20)31-17-14-23(19-31)29-26(27-2)28-18-21-8-10-22(11-9-21)25(32)30-15-4-3-5-16-30/h6-13,23H,3-5,14-19H2,1-2H3,(H2,27,28,29). The average Bonchev–Trinajstić information content (AvgIpc) is 3.31. The van der Waals surface area contributed by atoms with Crippen molar-refractivity contribution in [3.8, 4) is 0 Å². The summed E-state index contributed by atoms with van der Waals surface area (Å²) in [4.78, 5) is 21.4. The number of guanidine groups is 1. The highest BCUT2D eigenvalue weighted by Gasteiger charge is 2.23. The second-order valence-corrected chi connectivity index (χ2v) is 8.89. The van der Waals surface area contributed by atoms with Gasteiger partial charge in [0.1, 0.15) is 0 Å². The normalized spacial score (nSPS) is 19.2. The third kappa shape index (κ3) is 5.61. The molecule has 170 valence electrons. The van der Waals surface area contributed by atoms with E-state index >= 15 is 0 Å². The van der Waals surface area contributed by atoms with Crippen LogP contribution in [0, 0.1) is 6.92 Å². The van der Waals surface area contributed by atoms with Crippen LogP contribution in [0.25, 0.3) is 0 Å². The Morgan fingerprint density at radius 2 is 1.72 bits per heavy atom. The van der Waals surface area contributed by atoms with Crippen LogP contribution in [-0.4, -0.2) is 56.0 Å². The number of hydrogen-bond donors (Lipinski definition) is 2. The zero-order valence-electron chi connectivity index (χ0n) is 19.3. The van der Waals surface area contributed by atoms with Crippen LogP contribution < -0.4 is 15.5 Å². The summed E-state index contributed by atoms with van der Waals surface area (Å²) in [5.41, 5.74) is 4.48. The van der Waals surface area contributed by atoms with Gasteiger partial charge in [0.2, 0.25) is 0 Å². The van der Waals surface area contributed by atoms with Gasteiger partial charge < -0.3 is 20.4 Å². The molecule has 2 N–H and O–H groups in total. The minimum atomic E-state index is 0.154. The lowest BCUT2D eigenvalue weighted by Crippen LogP contribution is -2.44. The topological polar surface area (TPSA) is 60.0 Å². The summed E-state index contributed by atoms with van der Waals surface area (Å²) in [5.74, 6) is 0.968. The van der Waals surface area contributed by atoms with E-state index < -0.39 is 0 Å². The Labute approximate surface area is 191 Å². The fraction of sp³-hybridized carbons (Fsp3) is 0.462. The number of nitrogens with one attached hydrogen (secondary N) is 2. The summed E-state index contributed by atoms with van der Waals surface area (Å²) in [6.45, 7) is 6.57. The van der Waals surface area contributed by atoms with Crippen LogP contribution in [0.1, 0.15) is 47.2 Å². The van der Waals surface area contributed by atoms with Crippen LogP contribution in [0.3, 0.4) is 0 Å². The molecule has 2 aliphatic rings. The minimum absolute atomic E-state index is 0.154. The van der Waals surface area contributed by atoms with E-state index in [1.54, 1.807) is 0 Å². The number of hydrogen-bond acceptors (Lipinski definition) is 3. The molecule has 2 heterocycles. The van der Waals surface area contributed by atoms with Gasteiger partial charge in [0.25, 0.3) is 5.91 Å². The maximum Gasteiger partial charge on any atom is 0.253 e. The predicted octanol–water partition coefficient (Wildman–Crippen LogP) is 3.57. The third-order valence-electron chi connectivity index (χ3n) is 6.46. The summed E-state index contributed by atoms with van der Waals surface area (Å²) < 4.78 is 0. The van der Waals surface area contributed by atoms with Gasteiger partial charge in [-0.2, -0.15) is 0 Å². The molecule has 32 heavy (non-hydrogen) atoms. The van der Waals surface area contributed by atoms with Gasteiger partial charge in [-0.3, -0.25) is 9.79 Å². The Bertz CT molecular complexity index is 916. The number of carbonyl (C=O) groups excluding carboxylic acids is 1. The smallest absolute Gasteiger partial charge is 0.253 e. The molecular weight excluding hydrogens is 398 g/mol. The van der Waals surface area contributed by atoms with Gasteiger partial charge in [0.05, 0.1) is 0 Å². The van der Waals surface area contributed by atoms with Crippen LogP contribution in [0.15, 0.2) is 53.5 Å². The van der Waals surface area contributed by atoms with Crippen LogP contribution in [0.4, 0.5) is 5.69 Å². The van der Waals surface area contributed by atoms with E-state index in [2.05, 4.69) is 51.7 Å². The molecule has 4 rings (SSSR count). The van der Waals surface area contributed by atoms with Crippen molar-refractivity contribution in [2.45, 2.75) is 45.2 Å². The number of piperidine rings is 1. The number of amides is 1. The first-order valence-electron chi connectivity index (χ1n) is 11.8. The Hall–Kier alpha value is -3.02. The van der Waals surface area contributed by atoms with Gasteiger partial charge in [-0.25, -0.2) is 0 Å². The van der Waals surface area contributed by atoms with Gasteiger partial charge in [-0.1, -0.05) is 29.8 Å². The Kier molecular flexibility index (Phi) is 7.30. The van der Waals surface area contributed by atoms with E-state index in [0.717, 1.165) is 62.5 Å². The molecule has 2 aromatic rings. The molecule has 1 unspecified atom stereocenters. The zero-order chi connectivity index (χ0) is 22.3. The molecule has 0 aromatic heterocycles. The first-order chi connectivity index (χ1) is 15.6. The summed E-state index contributed by atoms with van der Waals surface area (Å²) in [6, 6.07) is 17.1. The largest absolute Gasteiger partial charge is 0.369 e. The van der Waals surface area contributed by atoms with E-state index in [-0.39, 0.29) is 5.91 Å². The van der Waals surface area contributed by atoms with E-state index in [1.807, 2.05) is 36.2 Å². The van der Waals surface area contributed by atoms with Crippen molar-refractivity contribution in [2.75, 3.05) is 38.1 Å². The highest BCUT2D eigenvalue weighted by Crippen LogP contribution is 2.20. The van der Waals surface area contributed by atoms with Gasteiger partial charge in [0, 0.05) is 57.1 Å². The van der Waals surface area contributed by atoms with Crippen molar-refractivity contribution in [3.63, 3.8) is 0 Å². The van der Waals surface area contributed by atoms with Gasteiger partial charge in [0.15, 0.2) is 5.96 Å². The number of benzene rings is 2. The van der Waals surface area contributed by atoms with Crippen molar-refractivity contribution in [1.82, 2.24) is 15.5 Å². The number of aliphatic imine (C=N–C) groups is 1. The van der Waals surface area contributed by atoms with E-state index in [0.29, 0.717) is 12.6 Å². The Morgan fingerprint density at radius 1 is 1.00 bits per heavy atom. The molecule has 0 aliphatic carbocycles. The summed E-state index contributed by atoms with van der Waals surface area (Å²) in [5, 5.41) is 6.97. The second kappa shape index (κ2) is 10.5. The molecular formula is C26H35N5O. The van der Waals surface area contributed by atoms with Gasteiger partial charge in [-0.15, -0.1) is 0 Å². The molecule has 0 spiro atoms. The highest BCUT2D eigenvalue weighted by atomic mass is 16.2. The molecule has 2 saturated heterocycles. The van der Waals surface area contributed by atoms with Crippen molar-refractivity contribution in [2.24, 2.45) is 4.99 Å². The molecule has 0 radical (unpaired) electrons. The average molecular weight is 434 g/mol. The molecule has 2 fully saturated rings. The molecule has 0 bridgehead atoms. The van der Waals surface area contributed by atoms with E-state index in [4.69, 9.17) is 0 Å². The molecule has 6 nitrogen and oxygen atoms in total. The molecule has 1 amide bonds. The van der Waals surface area contributed by atoms with Crippen molar-refractivity contribution < 1.29 is 4.79 Å². The highest BCUT2D eigenvalue weighted by molar-refractivity contribution is 5.94. The van der Waals surface area contributed by atoms with Crippen LogP contribution in [0.5, 0.6) is 0 Å². The van der Waals surface area contributed by atoms with Crippen LogP contribution >= 0.6 is 0 Å². The van der Waals surface area contributed by atoms with Crippen LogP contribution in [-0.2, 0) is 6.54 Å². The third-order valence-corrected chi connectivity index (χ3v) is 6.46. The van der Waals surface area contributed by atoms with E-state index in [1.165, 1.54) is 17.7 Å². The molecule has 2 aliphatic heterocycles. The maximum absolute atomic E-state index is 12.6. The van der Waals surface area contributed by atoms with Gasteiger partial charge >= 0.3 is 0 Å². The Balaban J connectivity index is 1.25. The summed E-state index contributed by atoms with van der Waals surface area (Å²) in [6.07, 6.45) is 4.55. The Morgan fingerprint density at radius 3 is 2.41 bits per heavy atom. The molecule has 2 aromatic carbocycles. The fourth-order valence-corrected chi connectivity index (χ4v) is 4.49. The number of carbonyl (C=O) groups is 1. The van der Waals surface area contributed by atoms with Crippen molar-refractivity contribution in [3.05, 3.63) is 65.2 Å². The predicted molar refractivity (Wildman–Crippen MR) is 131 cm³/mol. The SMILES string of the molecule is CN=C(NCc1ccc(C(=O)N2CCCCC2)cc1)NC1CCN(c2ccc(C)cc2)C1. The van der Waals surface area contributed by atoms with Gasteiger partial charge in [-0.05, 0) is 62.4 Å². The number of nitrogens with zero attached hydrogens (tertiary/aromatic N) is 3. The zero-order valence-corrected chi connectivity index (χ0v) is 19.3. The lowest BCUT2D eigenvalue weighted by molar-refractivity contribution is 0.0724. The molecule has 6 heteroatoms. The van der Waals surface area contributed by atoms with Crippen molar-refractivity contribution >= 4 is 17.6 Å². The first-order valence-corrected chi connectivity index (χ1v) is 11.8. The molecule has 0 saturated carbocycles. The quantitative estimate of drug-likeness (QED) is 0.559. The molecule has 1 atom stereocenters. The van der Waals surface area contributed by atoms with Crippen molar-refractivity contribution in [1.29, 1.82) is 0 Å². The number of aryl methyl sites for hydroxylation is 1. The number of anilines is 1. The second-order valence-electron chi connectivity index (χ2n) is 8.89. The lowest BCUT2D eigenvalue weighted by Gasteiger charge is -2.26. The number of likely N-dealkylation sites (tertiary alicyclic amines) is 1. The monoisotopic (exact) mass is 433 g/mol. The fourth-order valence-electron chi connectivity index (χ4n) is 4.49. The summed E-state index contributed by atoms with van der Waals surface area (Å²) in [7, 11) is 1.81. The first kappa shape index (κ1) is 22.2. The number of rotatable bonds is 5. The minimum Gasteiger partial charge on any atom is -0.369 e. The summed E-state index contributed by atoms with van der Waals surface area (Å²) >= 11 is 0. The maximum atomic E-state index is 12.6. The van der Waals surface area contributed by atoms with E-state index in [9.17, 15) is 4.79 Å². The lowest BCUT2D eigenvalue weighted by atomic mass is 10.1.